The van der Waals surface area contributed by atoms with Crippen LogP contribution in [0.25, 0.3) is 0 Å². The molecule has 0 saturated carbocycles. The molecule has 2 aliphatic heterocycles. The molecule has 2 aromatic rings. The van der Waals surface area contributed by atoms with E-state index in [-0.39, 0.29) is 11.8 Å². The normalized spacial score (nSPS) is 19.7. The molecular weight excluding hydrogens is 316 g/mol. The highest BCUT2D eigenvalue weighted by Crippen LogP contribution is 2.27. The van der Waals surface area contributed by atoms with Crippen molar-refractivity contribution in [3.8, 4) is 5.75 Å². The van der Waals surface area contributed by atoms with Gasteiger partial charge in [0.2, 0.25) is 5.91 Å². The van der Waals surface area contributed by atoms with Gasteiger partial charge in [-0.15, -0.1) is 0 Å². The molecule has 0 aliphatic carbocycles. The Balaban J connectivity index is 1.38. The zero-order valence-corrected chi connectivity index (χ0v) is 14.1. The fraction of sp³-hybridized carbons (Fsp3) is 0.350. The van der Waals surface area contributed by atoms with E-state index in [0.29, 0.717) is 13.0 Å². The van der Waals surface area contributed by atoms with Crippen LogP contribution in [0.2, 0.25) is 0 Å². The third kappa shape index (κ3) is 3.61. The summed E-state index contributed by atoms with van der Waals surface area (Å²) in [5.74, 6) is 0.740. The Hall–Kier alpha value is -2.53. The summed E-state index contributed by atoms with van der Waals surface area (Å²) in [7, 11) is 0. The van der Waals surface area contributed by atoms with E-state index in [1.54, 1.807) is 0 Å². The molecule has 25 heavy (non-hydrogen) atoms. The molecule has 5 nitrogen and oxygen atoms in total. The van der Waals surface area contributed by atoms with Crippen molar-refractivity contribution in [3.05, 3.63) is 54.1 Å². The van der Waals surface area contributed by atoms with Gasteiger partial charge < -0.3 is 19.7 Å². The largest absolute Gasteiger partial charge is 0.492 e. The number of carbonyl (C=O) groups is 1. The molecule has 0 unspecified atom stereocenters. The van der Waals surface area contributed by atoms with Gasteiger partial charge in [-0.2, -0.15) is 0 Å². The number of benzene rings is 2. The highest BCUT2D eigenvalue weighted by molar-refractivity contribution is 5.93. The van der Waals surface area contributed by atoms with Gasteiger partial charge in [-0.05, 0) is 42.3 Å². The van der Waals surface area contributed by atoms with Crippen LogP contribution >= 0.6 is 0 Å². The van der Waals surface area contributed by atoms with Crippen LogP contribution in [0.1, 0.15) is 5.56 Å². The quantitative estimate of drug-likeness (QED) is 0.935. The summed E-state index contributed by atoms with van der Waals surface area (Å²) >= 11 is 0. The number of fused-ring (bicyclic) bond motifs is 1. The molecule has 1 N–H and O–H groups in total. The maximum Gasteiger partial charge on any atom is 0.231 e. The molecule has 1 fully saturated rings. The van der Waals surface area contributed by atoms with E-state index in [1.165, 1.54) is 0 Å². The van der Waals surface area contributed by atoms with Crippen molar-refractivity contribution in [2.45, 2.75) is 6.42 Å². The Morgan fingerprint density at radius 2 is 1.80 bits per heavy atom. The Morgan fingerprint density at radius 1 is 1.04 bits per heavy atom. The lowest BCUT2D eigenvalue weighted by atomic mass is 9.96. The van der Waals surface area contributed by atoms with E-state index in [4.69, 9.17) is 9.47 Å². The van der Waals surface area contributed by atoms with Crippen molar-refractivity contribution in [3.63, 3.8) is 0 Å². The lowest BCUT2D eigenvalue weighted by molar-refractivity contribution is -0.121. The number of ether oxygens (including phenoxy) is 2. The lowest BCUT2D eigenvalue weighted by Crippen LogP contribution is -2.36. The number of carbonyl (C=O) groups excluding carboxylic acids is 1. The van der Waals surface area contributed by atoms with Crippen molar-refractivity contribution >= 4 is 17.3 Å². The molecule has 5 heteroatoms. The molecule has 2 aliphatic rings. The summed E-state index contributed by atoms with van der Waals surface area (Å²) in [6, 6.07) is 15.9. The second-order valence-electron chi connectivity index (χ2n) is 6.46. The highest BCUT2D eigenvalue weighted by atomic mass is 16.5. The van der Waals surface area contributed by atoms with Crippen molar-refractivity contribution in [1.29, 1.82) is 0 Å². The van der Waals surface area contributed by atoms with Crippen molar-refractivity contribution < 1.29 is 14.3 Å². The topological polar surface area (TPSA) is 50.8 Å². The van der Waals surface area contributed by atoms with E-state index < -0.39 is 0 Å². The van der Waals surface area contributed by atoms with Gasteiger partial charge in [-0.25, -0.2) is 0 Å². The number of anilines is 2. The maximum absolute atomic E-state index is 12.5. The molecule has 0 aromatic heterocycles. The minimum absolute atomic E-state index is 0.00799. The predicted molar refractivity (Wildman–Crippen MR) is 97.2 cm³/mol. The van der Waals surface area contributed by atoms with Gasteiger partial charge in [0, 0.05) is 24.5 Å². The molecule has 2 heterocycles. The Morgan fingerprint density at radius 3 is 2.60 bits per heavy atom. The van der Waals surface area contributed by atoms with Crippen LogP contribution in [0.15, 0.2) is 48.5 Å². The molecule has 1 amide bonds. The zero-order chi connectivity index (χ0) is 17.1. The number of hydrogen-bond acceptors (Lipinski definition) is 4. The minimum atomic E-state index is -0.159. The smallest absolute Gasteiger partial charge is 0.231 e. The molecule has 1 atom stereocenters. The van der Waals surface area contributed by atoms with Gasteiger partial charge in [0.05, 0.1) is 19.1 Å². The van der Waals surface area contributed by atoms with Crippen molar-refractivity contribution in [2.75, 3.05) is 43.1 Å². The van der Waals surface area contributed by atoms with Crippen LogP contribution in [0.3, 0.4) is 0 Å². The number of morpholine rings is 1. The molecule has 2 aromatic carbocycles. The van der Waals surface area contributed by atoms with Crippen LogP contribution in [-0.4, -0.2) is 38.8 Å². The summed E-state index contributed by atoms with van der Waals surface area (Å²) < 4.78 is 11.1. The average Bonchev–Trinajstić information content (AvgIpc) is 2.69. The molecule has 1 saturated heterocycles. The van der Waals surface area contributed by atoms with Gasteiger partial charge in [0.25, 0.3) is 0 Å². The first kappa shape index (κ1) is 16.0. The van der Waals surface area contributed by atoms with Crippen LogP contribution in [0.4, 0.5) is 11.4 Å². The van der Waals surface area contributed by atoms with E-state index in [2.05, 4.69) is 10.2 Å². The number of amides is 1. The fourth-order valence-corrected chi connectivity index (χ4v) is 3.32. The fourth-order valence-electron chi connectivity index (χ4n) is 3.32. The molecule has 0 spiro atoms. The third-order valence-electron chi connectivity index (χ3n) is 4.76. The van der Waals surface area contributed by atoms with E-state index in [0.717, 1.165) is 49.0 Å². The number of rotatable bonds is 3. The number of hydrogen-bond donors (Lipinski definition) is 1. The second-order valence-corrected chi connectivity index (χ2v) is 6.46. The summed E-state index contributed by atoms with van der Waals surface area (Å²) in [5.41, 5.74) is 3.08. The van der Waals surface area contributed by atoms with Gasteiger partial charge in [-0.3, -0.25) is 4.79 Å². The number of nitrogens with one attached hydrogen (secondary N) is 1. The summed E-state index contributed by atoms with van der Waals surface area (Å²) in [6.07, 6.45) is 0.716. The summed E-state index contributed by atoms with van der Waals surface area (Å²) in [4.78, 5) is 14.8. The van der Waals surface area contributed by atoms with E-state index in [1.807, 2.05) is 48.5 Å². The van der Waals surface area contributed by atoms with Gasteiger partial charge in [0.1, 0.15) is 12.4 Å². The zero-order valence-electron chi connectivity index (χ0n) is 14.1. The lowest BCUT2D eigenvalue weighted by Gasteiger charge is -2.29. The van der Waals surface area contributed by atoms with Gasteiger partial charge in [-0.1, -0.05) is 18.2 Å². The third-order valence-corrected chi connectivity index (χ3v) is 4.76. The first-order chi connectivity index (χ1) is 12.3. The molecule has 0 bridgehead atoms. The average molecular weight is 338 g/mol. The van der Waals surface area contributed by atoms with Crippen molar-refractivity contribution in [2.24, 2.45) is 5.92 Å². The predicted octanol–water partition coefficient (Wildman–Crippen LogP) is 2.71. The first-order valence-corrected chi connectivity index (χ1v) is 8.74. The molecular formula is C20H22N2O3. The van der Waals surface area contributed by atoms with Gasteiger partial charge >= 0.3 is 0 Å². The first-order valence-electron chi connectivity index (χ1n) is 8.74. The Labute approximate surface area is 147 Å². The number of nitrogens with zero attached hydrogens (tertiary/aromatic N) is 1. The van der Waals surface area contributed by atoms with E-state index in [9.17, 15) is 4.79 Å². The molecule has 0 radical (unpaired) electrons. The second kappa shape index (κ2) is 7.15. The van der Waals surface area contributed by atoms with Gasteiger partial charge in [0.15, 0.2) is 0 Å². The molecule has 130 valence electrons. The standard InChI is InChI=1S/C20H22N2O3/c23-20(16-13-15-3-1-2-4-19(15)25-14-16)21-17-5-7-18(8-6-17)22-9-11-24-12-10-22/h1-8,16H,9-14H2,(H,21,23)/t16-/m0/s1. The summed E-state index contributed by atoms with van der Waals surface area (Å²) in [5, 5.41) is 3.01. The SMILES string of the molecule is O=C(Nc1ccc(N2CCOCC2)cc1)[C@@H]1COc2ccccc2C1. The van der Waals surface area contributed by atoms with Crippen LogP contribution in [0.5, 0.6) is 5.75 Å². The maximum atomic E-state index is 12.5. The Bertz CT molecular complexity index is 739. The monoisotopic (exact) mass is 338 g/mol. The van der Waals surface area contributed by atoms with Crippen LogP contribution in [-0.2, 0) is 16.0 Å². The van der Waals surface area contributed by atoms with E-state index >= 15 is 0 Å². The molecule has 4 rings (SSSR count). The minimum Gasteiger partial charge on any atom is -0.492 e. The van der Waals surface area contributed by atoms with Crippen LogP contribution < -0.4 is 15.0 Å². The van der Waals surface area contributed by atoms with Crippen LogP contribution in [0, 0.1) is 5.92 Å². The van der Waals surface area contributed by atoms with Crippen molar-refractivity contribution in [1.82, 2.24) is 0 Å². The summed E-state index contributed by atoms with van der Waals surface area (Å²) in [6.45, 7) is 3.77. The number of para-hydroxylation sites is 1. The Kier molecular flexibility index (Phi) is 4.57. The highest BCUT2D eigenvalue weighted by Gasteiger charge is 2.25.